The molecular formula is C20H22F2N4O2. The van der Waals surface area contributed by atoms with Crippen molar-refractivity contribution < 1.29 is 18.4 Å². The molecule has 2 amide bonds. The van der Waals surface area contributed by atoms with Crippen molar-refractivity contribution >= 4 is 17.4 Å². The lowest BCUT2D eigenvalue weighted by molar-refractivity contribution is -0.115. The van der Waals surface area contributed by atoms with E-state index in [-0.39, 0.29) is 18.0 Å². The lowest BCUT2D eigenvalue weighted by Gasteiger charge is -2.28. The first-order valence-electron chi connectivity index (χ1n) is 8.97. The Bertz CT molecular complexity index is 979. The van der Waals surface area contributed by atoms with E-state index in [1.807, 2.05) is 13.8 Å². The number of likely N-dealkylation sites (N-methyl/N-ethyl adjacent to an activating group) is 1. The number of benzene rings is 1. The number of carbonyl (C=O) groups is 2. The van der Waals surface area contributed by atoms with Gasteiger partial charge in [-0.3, -0.25) is 14.7 Å². The fraction of sp³-hybridized carbons (Fsp3) is 0.350. The third-order valence-electron chi connectivity index (χ3n) is 4.75. The lowest BCUT2D eigenvalue weighted by atomic mass is 9.85. The number of hydrogen-bond donors (Lipinski definition) is 2. The molecule has 0 radical (unpaired) electrons. The summed E-state index contributed by atoms with van der Waals surface area (Å²) in [5.74, 6) is -2.99. The average molecular weight is 388 g/mol. The minimum absolute atomic E-state index is 0.00149. The number of nitrogens with zero attached hydrogens (tertiary/aromatic N) is 2. The van der Waals surface area contributed by atoms with Crippen LogP contribution in [0.3, 0.4) is 0 Å². The highest BCUT2D eigenvalue weighted by Gasteiger charge is 2.37. The second-order valence-electron chi connectivity index (χ2n) is 7.41. The summed E-state index contributed by atoms with van der Waals surface area (Å²) >= 11 is 0. The largest absolute Gasteiger partial charge is 0.352 e. The summed E-state index contributed by atoms with van der Waals surface area (Å²) in [5, 5.41) is 9.97. The lowest BCUT2D eigenvalue weighted by Crippen LogP contribution is -2.37. The first kappa shape index (κ1) is 19.7. The van der Waals surface area contributed by atoms with Crippen molar-refractivity contribution in [2.45, 2.75) is 33.1 Å². The van der Waals surface area contributed by atoms with Gasteiger partial charge in [0.1, 0.15) is 0 Å². The number of aromatic nitrogens is 2. The van der Waals surface area contributed by atoms with Gasteiger partial charge in [-0.15, -0.1) is 0 Å². The zero-order chi connectivity index (χ0) is 20.6. The van der Waals surface area contributed by atoms with Crippen LogP contribution in [0.4, 0.5) is 8.78 Å². The number of nitrogens with one attached hydrogen (secondary N) is 2. The molecule has 0 aliphatic carbocycles. The van der Waals surface area contributed by atoms with Crippen LogP contribution in [0.25, 0.3) is 5.57 Å². The van der Waals surface area contributed by atoms with E-state index in [0.717, 1.165) is 17.8 Å². The zero-order valence-corrected chi connectivity index (χ0v) is 16.2. The maximum absolute atomic E-state index is 13.6. The molecule has 0 saturated carbocycles. The Kier molecular flexibility index (Phi) is 5.06. The quantitative estimate of drug-likeness (QED) is 0.849. The number of fused-ring (bicyclic) bond motifs is 1. The van der Waals surface area contributed by atoms with E-state index in [4.69, 9.17) is 0 Å². The van der Waals surface area contributed by atoms with Crippen LogP contribution in [0.2, 0.25) is 0 Å². The Morgan fingerprint density at radius 2 is 2.00 bits per heavy atom. The highest BCUT2D eigenvalue weighted by Crippen LogP contribution is 2.36. The molecule has 2 aromatic rings. The van der Waals surface area contributed by atoms with Crippen LogP contribution in [0.5, 0.6) is 0 Å². The van der Waals surface area contributed by atoms with Gasteiger partial charge >= 0.3 is 0 Å². The van der Waals surface area contributed by atoms with E-state index >= 15 is 0 Å². The molecule has 148 valence electrons. The second kappa shape index (κ2) is 7.18. The van der Waals surface area contributed by atoms with Gasteiger partial charge in [0.15, 0.2) is 11.6 Å². The Morgan fingerprint density at radius 3 is 2.64 bits per heavy atom. The maximum Gasteiger partial charge on any atom is 0.257 e. The van der Waals surface area contributed by atoms with Gasteiger partial charge in [0.05, 0.1) is 17.0 Å². The predicted octanol–water partition coefficient (Wildman–Crippen LogP) is 2.91. The third kappa shape index (κ3) is 3.42. The van der Waals surface area contributed by atoms with Crippen molar-refractivity contribution in [3.8, 4) is 0 Å². The number of aryl methyl sites for hydroxylation is 1. The Balaban J connectivity index is 2.12. The summed E-state index contributed by atoms with van der Waals surface area (Å²) in [7, 11) is 0. The van der Waals surface area contributed by atoms with Crippen molar-refractivity contribution in [2.75, 3.05) is 13.1 Å². The number of amides is 2. The Labute approximate surface area is 161 Å². The van der Waals surface area contributed by atoms with E-state index in [9.17, 15) is 18.4 Å². The predicted molar refractivity (Wildman–Crippen MR) is 100 cm³/mol. The molecule has 3 rings (SSSR count). The smallest absolute Gasteiger partial charge is 0.257 e. The van der Waals surface area contributed by atoms with Gasteiger partial charge in [-0.2, -0.15) is 5.10 Å². The first-order chi connectivity index (χ1) is 13.2. The molecule has 28 heavy (non-hydrogen) atoms. The average Bonchev–Trinajstić information content (AvgIpc) is 2.97. The van der Waals surface area contributed by atoms with Gasteiger partial charge in [0.2, 0.25) is 0 Å². The number of hydrogen-bond acceptors (Lipinski definition) is 3. The minimum Gasteiger partial charge on any atom is -0.352 e. The molecule has 0 fully saturated rings. The van der Waals surface area contributed by atoms with Gasteiger partial charge in [0, 0.05) is 35.8 Å². The van der Waals surface area contributed by atoms with Crippen LogP contribution in [0.1, 0.15) is 48.1 Å². The molecule has 1 aliphatic rings. The molecule has 1 aliphatic heterocycles. The number of H-pyrrole nitrogens is 1. The van der Waals surface area contributed by atoms with Crippen molar-refractivity contribution in [2.24, 2.45) is 0 Å². The summed E-state index contributed by atoms with van der Waals surface area (Å²) in [6.45, 7) is 8.07. The van der Waals surface area contributed by atoms with Crippen molar-refractivity contribution in [1.82, 2.24) is 20.4 Å². The molecule has 2 N–H and O–H groups in total. The van der Waals surface area contributed by atoms with Crippen LogP contribution in [-0.4, -0.2) is 40.0 Å². The van der Waals surface area contributed by atoms with Crippen molar-refractivity contribution in [1.29, 1.82) is 0 Å². The normalized spacial score (nSPS) is 15.5. The van der Waals surface area contributed by atoms with E-state index in [0.29, 0.717) is 23.4 Å². The standard InChI is InChI=1S/C20H22F2N4O2/c1-5-23-18(27)13-9-26(19(28)12-6-7-14(21)15(22)8-12)10-20(3,4)17-16(13)11(2)24-25-17/h6-9H,5,10H2,1-4H3,(H,23,27)(H,24,25). The molecule has 0 atom stereocenters. The summed E-state index contributed by atoms with van der Waals surface area (Å²) < 4.78 is 26.9. The van der Waals surface area contributed by atoms with Gasteiger partial charge in [0.25, 0.3) is 11.8 Å². The first-order valence-corrected chi connectivity index (χ1v) is 8.97. The van der Waals surface area contributed by atoms with Crippen LogP contribution in [-0.2, 0) is 10.2 Å². The summed E-state index contributed by atoms with van der Waals surface area (Å²) in [6.07, 6.45) is 1.46. The zero-order valence-electron chi connectivity index (χ0n) is 16.2. The summed E-state index contributed by atoms with van der Waals surface area (Å²) in [6, 6.07) is 3.00. The highest BCUT2D eigenvalue weighted by molar-refractivity contribution is 6.20. The van der Waals surface area contributed by atoms with Crippen LogP contribution < -0.4 is 5.32 Å². The van der Waals surface area contributed by atoms with Crippen LogP contribution in [0, 0.1) is 18.6 Å². The summed E-state index contributed by atoms with van der Waals surface area (Å²) in [5.41, 5.74) is 1.77. The monoisotopic (exact) mass is 388 g/mol. The molecule has 2 heterocycles. The van der Waals surface area contributed by atoms with Gasteiger partial charge in [-0.05, 0) is 32.0 Å². The molecule has 0 saturated heterocycles. The Hall–Kier alpha value is -3.03. The van der Waals surface area contributed by atoms with Crippen molar-refractivity contribution in [3.63, 3.8) is 0 Å². The second-order valence-corrected chi connectivity index (χ2v) is 7.41. The van der Waals surface area contributed by atoms with E-state index in [2.05, 4.69) is 15.5 Å². The minimum atomic E-state index is -1.10. The van der Waals surface area contributed by atoms with Gasteiger partial charge < -0.3 is 10.2 Å². The molecule has 0 bridgehead atoms. The fourth-order valence-electron chi connectivity index (χ4n) is 3.38. The molecule has 8 heteroatoms. The molecule has 1 aromatic carbocycles. The van der Waals surface area contributed by atoms with Crippen LogP contribution in [0.15, 0.2) is 24.4 Å². The van der Waals surface area contributed by atoms with Gasteiger partial charge in [-0.1, -0.05) is 13.8 Å². The molecule has 6 nitrogen and oxygen atoms in total. The number of carbonyl (C=O) groups excluding carboxylic acids is 2. The number of rotatable bonds is 3. The number of aromatic amines is 1. The molecule has 1 aromatic heterocycles. The van der Waals surface area contributed by atoms with Crippen molar-refractivity contribution in [3.05, 3.63) is 58.5 Å². The van der Waals surface area contributed by atoms with E-state index in [1.165, 1.54) is 17.2 Å². The van der Waals surface area contributed by atoms with E-state index < -0.39 is 23.0 Å². The molecule has 0 unspecified atom stereocenters. The number of halogens is 2. The van der Waals surface area contributed by atoms with Gasteiger partial charge in [-0.25, -0.2) is 8.78 Å². The topological polar surface area (TPSA) is 78.1 Å². The SMILES string of the molecule is CCNC(=O)C1=CN(C(=O)c2ccc(F)c(F)c2)CC(C)(C)c2[nH]nc(C)c21. The highest BCUT2D eigenvalue weighted by atomic mass is 19.2. The molecule has 0 spiro atoms. The maximum atomic E-state index is 13.6. The fourth-order valence-corrected chi connectivity index (χ4v) is 3.38. The Morgan fingerprint density at radius 1 is 1.29 bits per heavy atom. The third-order valence-corrected chi connectivity index (χ3v) is 4.75. The van der Waals surface area contributed by atoms with E-state index in [1.54, 1.807) is 13.8 Å². The summed E-state index contributed by atoms with van der Waals surface area (Å²) in [4.78, 5) is 27.1. The van der Waals surface area contributed by atoms with Crippen LogP contribution >= 0.6 is 0 Å². The molecular weight excluding hydrogens is 366 g/mol.